The van der Waals surface area contributed by atoms with Crippen LogP contribution in [0.4, 0.5) is 0 Å². The van der Waals surface area contributed by atoms with Gasteiger partial charge in [-0.05, 0) is 52.1 Å². The topological polar surface area (TPSA) is 60.9 Å². The number of hydrogen-bond acceptors (Lipinski definition) is 4. The fourth-order valence-corrected chi connectivity index (χ4v) is 4.97. The van der Waals surface area contributed by atoms with Crippen LogP contribution in [0.2, 0.25) is 0 Å². The molecule has 0 unspecified atom stereocenters. The summed E-state index contributed by atoms with van der Waals surface area (Å²) in [5.74, 6) is -0.113. The third-order valence-electron chi connectivity index (χ3n) is 5.30. The van der Waals surface area contributed by atoms with E-state index in [0.29, 0.717) is 31.7 Å². The Balaban J connectivity index is 1.79. The molecule has 1 atom stereocenters. The van der Waals surface area contributed by atoms with Crippen LogP contribution in [0, 0.1) is 0 Å². The Hall–Kier alpha value is -1.70. The molecule has 2 aliphatic heterocycles. The van der Waals surface area contributed by atoms with Gasteiger partial charge in [-0.15, -0.1) is 0 Å². The van der Waals surface area contributed by atoms with Crippen molar-refractivity contribution >= 4 is 15.9 Å². The zero-order chi connectivity index (χ0) is 18.9. The van der Waals surface area contributed by atoms with E-state index in [0.717, 1.165) is 12.8 Å². The number of hydrogen-bond donors (Lipinski definition) is 0. The summed E-state index contributed by atoms with van der Waals surface area (Å²) >= 11 is 0. The van der Waals surface area contributed by atoms with Gasteiger partial charge >= 0.3 is 0 Å². The zero-order valence-corrected chi connectivity index (χ0v) is 16.5. The largest absolute Gasteiger partial charge is 0.335 e. The molecule has 3 rings (SSSR count). The van der Waals surface area contributed by atoms with Crippen LogP contribution in [0.15, 0.2) is 40.8 Å². The van der Waals surface area contributed by atoms with Crippen molar-refractivity contribution < 1.29 is 13.2 Å². The highest BCUT2D eigenvalue weighted by atomic mass is 32.2. The minimum absolute atomic E-state index is 0.113. The maximum atomic E-state index is 13.0. The molecule has 0 aromatic heterocycles. The van der Waals surface area contributed by atoms with Gasteiger partial charge in [0.25, 0.3) is 5.91 Å². The van der Waals surface area contributed by atoms with Crippen molar-refractivity contribution in [2.24, 2.45) is 0 Å². The second-order valence-corrected chi connectivity index (χ2v) is 9.29. The molecule has 142 valence electrons. The quantitative estimate of drug-likeness (QED) is 0.751. The number of nitrogens with zero attached hydrogens (tertiary/aromatic N) is 3. The molecule has 2 aliphatic rings. The van der Waals surface area contributed by atoms with Gasteiger partial charge in [0, 0.05) is 37.8 Å². The molecule has 0 N–H and O–H groups in total. The summed E-state index contributed by atoms with van der Waals surface area (Å²) in [5, 5.41) is 0. The maximum absolute atomic E-state index is 13.0. The molecule has 2 heterocycles. The normalized spacial score (nSPS) is 21.9. The van der Waals surface area contributed by atoms with Crippen LogP contribution < -0.4 is 0 Å². The summed E-state index contributed by atoms with van der Waals surface area (Å²) < 4.78 is 27.5. The summed E-state index contributed by atoms with van der Waals surface area (Å²) in [6.45, 7) is 4.32. The predicted molar refractivity (Wildman–Crippen MR) is 102 cm³/mol. The van der Waals surface area contributed by atoms with Crippen LogP contribution >= 0.6 is 0 Å². The van der Waals surface area contributed by atoms with Gasteiger partial charge in [0.2, 0.25) is 10.0 Å². The first-order chi connectivity index (χ1) is 12.3. The van der Waals surface area contributed by atoms with Crippen LogP contribution in [-0.4, -0.2) is 74.7 Å². The van der Waals surface area contributed by atoms with Crippen LogP contribution in [-0.2, 0) is 10.0 Å². The molecule has 1 saturated heterocycles. The summed E-state index contributed by atoms with van der Waals surface area (Å²) in [6.07, 6.45) is 3.74. The Labute approximate surface area is 156 Å². The molecule has 0 radical (unpaired) electrons. The summed E-state index contributed by atoms with van der Waals surface area (Å²) in [5.41, 5.74) is 1.72. The van der Waals surface area contributed by atoms with Crippen molar-refractivity contribution in [2.45, 2.75) is 30.7 Å². The lowest BCUT2D eigenvalue weighted by Crippen LogP contribution is -2.35. The second kappa shape index (κ2) is 7.50. The lowest BCUT2D eigenvalue weighted by atomic mass is 10.1. The molecule has 0 spiro atoms. The van der Waals surface area contributed by atoms with E-state index in [1.807, 2.05) is 20.2 Å². The second-order valence-electron chi connectivity index (χ2n) is 7.35. The van der Waals surface area contributed by atoms with Crippen LogP contribution in [0.25, 0.3) is 0 Å². The highest BCUT2D eigenvalue weighted by molar-refractivity contribution is 7.89. The first kappa shape index (κ1) is 19.1. The average molecular weight is 378 g/mol. The minimum Gasteiger partial charge on any atom is -0.335 e. The van der Waals surface area contributed by atoms with Gasteiger partial charge in [0.15, 0.2) is 0 Å². The first-order valence-electron chi connectivity index (χ1n) is 9.00. The highest BCUT2D eigenvalue weighted by Gasteiger charge is 2.33. The van der Waals surface area contributed by atoms with Gasteiger partial charge in [0.05, 0.1) is 4.90 Å². The van der Waals surface area contributed by atoms with Gasteiger partial charge < -0.3 is 9.80 Å². The van der Waals surface area contributed by atoms with Crippen LogP contribution in [0.5, 0.6) is 0 Å². The van der Waals surface area contributed by atoms with E-state index in [4.69, 9.17) is 0 Å². The van der Waals surface area contributed by atoms with E-state index < -0.39 is 10.0 Å². The van der Waals surface area contributed by atoms with E-state index in [1.165, 1.54) is 15.9 Å². The van der Waals surface area contributed by atoms with E-state index in [9.17, 15) is 13.2 Å². The number of carbonyl (C=O) groups excluding carboxylic acids is 1. The molecule has 26 heavy (non-hydrogen) atoms. The molecular weight excluding hydrogens is 350 g/mol. The number of benzene rings is 1. The highest BCUT2D eigenvalue weighted by Crippen LogP contribution is 2.24. The van der Waals surface area contributed by atoms with Crippen molar-refractivity contribution in [1.82, 2.24) is 14.1 Å². The molecule has 1 amide bonds. The number of carbonyl (C=O) groups is 1. The fraction of sp³-hybridized carbons (Fsp3) is 0.526. The lowest BCUT2D eigenvalue weighted by Gasteiger charge is -2.26. The van der Waals surface area contributed by atoms with E-state index in [-0.39, 0.29) is 16.8 Å². The van der Waals surface area contributed by atoms with Crippen molar-refractivity contribution in [2.75, 3.05) is 40.3 Å². The van der Waals surface area contributed by atoms with Gasteiger partial charge in [-0.1, -0.05) is 17.7 Å². The Morgan fingerprint density at radius 3 is 2.62 bits per heavy atom. The standard InChI is InChI=1S/C19H27N3O3S/c1-15-7-10-21(11-8-15)19(23)16-5-4-6-18(13-16)26(24,25)22-12-9-17(14-22)20(2)3/h4-7,13,17H,8-12,14H2,1-3H3/t17-/m0/s1. The summed E-state index contributed by atoms with van der Waals surface area (Å²) in [4.78, 5) is 16.7. The number of likely N-dealkylation sites (N-methyl/N-ethyl adjacent to an activating group) is 1. The molecule has 0 aliphatic carbocycles. The van der Waals surface area contributed by atoms with Gasteiger partial charge in [-0.25, -0.2) is 8.42 Å². The third-order valence-corrected chi connectivity index (χ3v) is 7.16. The third kappa shape index (κ3) is 3.84. The van der Waals surface area contributed by atoms with Gasteiger partial charge in [0.1, 0.15) is 0 Å². The van der Waals surface area contributed by atoms with Crippen molar-refractivity contribution in [3.05, 3.63) is 41.5 Å². The molecule has 1 aromatic rings. The van der Waals surface area contributed by atoms with Crippen molar-refractivity contribution in [3.8, 4) is 0 Å². The predicted octanol–water partition coefficient (Wildman–Crippen LogP) is 1.80. The van der Waals surface area contributed by atoms with E-state index in [2.05, 4.69) is 11.8 Å². The maximum Gasteiger partial charge on any atom is 0.254 e. The molecule has 0 bridgehead atoms. The molecule has 7 heteroatoms. The van der Waals surface area contributed by atoms with Gasteiger partial charge in [-0.3, -0.25) is 4.79 Å². The molecule has 6 nitrogen and oxygen atoms in total. The van der Waals surface area contributed by atoms with E-state index >= 15 is 0 Å². The smallest absolute Gasteiger partial charge is 0.254 e. The summed E-state index contributed by atoms with van der Waals surface area (Å²) in [6, 6.07) is 6.68. The SMILES string of the molecule is CC1=CCN(C(=O)c2cccc(S(=O)(=O)N3CC[C@H](N(C)C)C3)c2)CC1. The summed E-state index contributed by atoms with van der Waals surface area (Å²) in [7, 11) is 0.358. The molecule has 1 fully saturated rings. The fourth-order valence-electron chi connectivity index (χ4n) is 3.43. The Morgan fingerprint density at radius 2 is 2.00 bits per heavy atom. The van der Waals surface area contributed by atoms with Crippen molar-refractivity contribution in [3.63, 3.8) is 0 Å². The lowest BCUT2D eigenvalue weighted by molar-refractivity contribution is 0.0769. The van der Waals surface area contributed by atoms with Crippen LogP contribution in [0.1, 0.15) is 30.1 Å². The Kier molecular flexibility index (Phi) is 5.50. The zero-order valence-electron chi connectivity index (χ0n) is 15.7. The van der Waals surface area contributed by atoms with Gasteiger partial charge in [-0.2, -0.15) is 4.31 Å². The molecule has 1 aromatic carbocycles. The van der Waals surface area contributed by atoms with Crippen molar-refractivity contribution in [1.29, 1.82) is 0 Å². The average Bonchev–Trinajstić information content (AvgIpc) is 3.13. The Bertz CT molecular complexity index is 817. The number of rotatable bonds is 4. The molecule has 0 saturated carbocycles. The number of sulfonamides is 1. The number of amides is 1. The van der Waals surface area contributed by atoms with E-state index in [1.54, 1.807) is 23.1 Å². The first-order valence-corrected chi connectivity index (χ1v) is 10.4. The van der Waals surface area contributed by atoms with Crippen LogP contribution in [0.3, 0.4) is 0 Å². The minimum atomic E-state index is -3.58. The molecular formula is C19H27N3O3S. The monoisotopic (exact) mass is 377 g/mol. The Morgan fingerprint density at radius 1 is 1.23 bits per heavy atom.